The number of amides is 1. The molecule has 0 N–H and O–H groups in total. The number of alkyl halides is 3. The van der Waals surface area contributed by atoms with E-state index < -0.39 is 17.5 Å². The SMILES string of the molecule is CC(C)(C)C(=O)N1CC2CC1CN2c1ccc(-c2noc(C(F)(F)F)n2)cn1. The van der Waals surface area contributed by atoms with Gasteiger partial charge >= 0.3 is 12.1 Å². The van der Waals surface area contributed by atoms with Crippen molar-refractivity contribution >= 4 is 11.7 Å². The number of hydrogen-bond acceptors (Lipinski definition) is 6. The van der Waals surface area contributed by atoms with Gasteiger partial charge in [0.25, 0.3) is 0 Å². The summed E-state index contributed by atoms with van der Waals surface area (Å²) in [6.07, 6.45) is -2.35. The number of carbonyl (C=O) groups excluding carboxylic acids is 1. The molecule has 10 heteroatoms. The second-order valence-electron chi connectivity index (χ2n) is 8.23. The molecule has 0 aliphatic carbocycles. The lowest BCUT2D eigenvalue weighted by Gasteiger charge is -2.37. The van der Waals surface area contributed by atoms with Gasteiger partial charge in [-0.15, -0.1) is 0 Å². The molecule has 2 atom stereocenters. The number of rotatable bonds is 2. The molecule has 150 valence electrons. The number of pyridine rings is 1. The average molecular weight is 395 g/mol. The Kier molecular flexibility index (Phi) is 4.13. The van der Waals surface area contributed by atoms with E-state index in [-0.39, 0.29) is 23.8 Å². The monoisotopic (exact) mass is 395 g/mol. The lowest BCUT2D eigenvalue weighted by atomic mass is 9.94. The Hall–Kier alpha value is -2.65. The summed E-state index contributed by atoms with van der Waals surface area (Å²) in [5, 5.41) is 3.37. The Morgan fingerprint density at radius 3 is 2.43 bits per heavy atom. The van der Waals surface area contributed by atoms with E-state index in [2.05, 4.69) is 24.5 Å². The van der Waals surface area contributed by atoms with E-state index >= 15 is 0 Å². The third-order valence-corrected chi connectivity index (χ3v) is 5.11. The van der Waals surface area contributed by atoms with Crippen molar-refractivity contribution in [2.45, 2.75) is 45.5 Å². The molecule has 2 aromatic rings. The highest BCUT2D eigenvalue weighted by atomic mass is 19.4. The molecule has 0 aromatic carbocycles. The zero-order valence-electron chi connectivity index (χ0n) is 15.7. The maximum Gasteiger partial charge on any atom is 0.471 e. The first-order chi connectivity index (χ1) is 13.0. The summed E-state index contributed by atoms with van der Waals surface area (Å²) < 4.78 is 42.0. The van der Waals surface area contributed by atoms with E-state index in [1.54, 1.807) is 12.1 Å². The van der Waals surface area contributed by atoms with Gasteiger partial charge in [0.2, 0.25) is 11.7 Å². The van der Waals surface area contributed by atoms with Crippen molar-refractivity contribution in [3.8, 4) is 11.4 Å². The molecular formula is C18H20F3N5O2. The Balaban J connectivity index is 1.47. The van der Waals surface area contributed by atoms with Gasteiger partial charge in [-0.05, 0) is 18.6 Å². The van der Waals surface area contributed by atoms with Crippen molar-refractivity contribution in [1.29, 1.82) is 0 Å². The van der Waals surface area contributed by atoms with Crippen LogP contribution in [-0.4, -0.2) is 51.1 Å². The van der Waals surface area contributed by atoms with Crippen LogP contribution in [0.2, 0.25) is 0 Å². The first-order valence-electron chi connectivity index (χ1n) is 8.99. The fourth-order valence-electron chi connectivity index (χ4n) is 3.77. The van der Waals surface area contributed by atoms with Crippen molar-refractivity contribution in [3.05, 3.63) is 24.2 Å². The van der Waals surface area contributed by atoms with Crippen molar-refractivity contribution in [1.82, 2.24) is 20.0 Å². The number of nitrogens with zero attached hydrogens (tertiary/aromatic N) is 5. The molecule has 2 bridgehead atoms. The summed E-state index contributed by atoms with van der Waals surface area (Å²) in [6.45, 7) is 7.10. The topological polar surface area (TPSA) is 75.4 Å². The van der Waals surface area contributed by atoms with Crippen LogP contribution in [0.15, 0.2) is 22.9 Å². The minimum atomic E-state index is -4.68. The highest BCUT2D eigenvalue weighted by Crippen LogP contribution is 2.36. The van der Waals surface area contributed by atoms with E-state index in [1.165, 1.54) is 6.20 Å². The lowest BCUT2D eigenvalue weighted by molar-refractivity contribution is -0.159. The third kappa shape index (κ3) is 3.20. The largest absolute Gasteiger partial charge is 0.471 e. The fourth-order valence-corrected chi connectivity index (χ4v) is 3.77. The molecule has 4 heterocycles. The average Bonchev–Trinajstić information content (AvgIpc) is 3.34. The van der Waals surface area contributed by atoms with Crippen LogP contribution in [-0.2, 0) is 11.0 Å². The van der Waals surface area contributed by atoms with Gasteiger partial charge in [0.15, 0.2) is 0 Å². The predicted octanol–water partition coefficient (Wildman–Crippen LogP) is 2.99. The molecule has 4 rings (SSSR count). The first-order valence-corrected chi connectivity index (χ1v) is 8.99. The molecule has 0 radical (unpaired) electrons. The number of fused-ring (bicyclic) bond motifs is 2. The van der Waals surface area contributed by atoms with E-state index in [9.17, 15) is 18.0 Å². The van der Waals surface area contributed by atoms with Crippen molar-refractivity contribution < 1.29 is 22.5 Å². The summed E-state index contributed by atoms with van der Waals surface area (Å²) in [7, 11) is 0. The quantitative estimate of drug-likeness (QED) is 0.778. The van der Waals surface area contributed by atoms with Gasteiger partial charge in [-0.1, -0.05) is 25.9 Å². The summed E-state index contributed by atoms with van der Waals surface area (Å²) in [4.78, 5) is 24.4. The van der Waals surface area contributed by atoms with E-state index in [0.29, 0.717) is 18.7 Å². The highest BCUT2D eigenvalue weighted by molar-refractivity contribution is 5.82. The lowest BCUT2D eigenvalue weighted by Crippen LogP contribution is -2.52. The molecule has 28 heavy (non-hydrogen) atoms. The Bertz CT molecular complexity index is 888. The normalized spacial score (nSPS) is 22.2. The van der Waals surface area contributed by atoms with Gasteiger partial charge in [-0.25, -0.2) is 4.98 Å². The van der Waals surface area contributed by atoms with Crippen LogP contribution in [0.3, 0.4) is 0 Å². The Morgan fingerprint density at radius 1 is 1.18 bits per heavy atom. The summed E-state index contributed by atoms with van der Waals surface area (Å²) in [5.41, 5.74) is -0.0633. The second kappa shape index (κ2) is 6.18. The van der Waals surface area contributed by atoms with Crippen LogP contribution in [0, 0.1) is 5.41 Å². The number of likely N-dealkylation sites (tertiary alicyclic amines) is 1. The van der Waals surface area contributed by atoms with E-state index in [4.69, 9.17) is 0 Å². The minimum absolute atomic E-state index is 0.153. The summed E-state index contributed by atoms with van der Waals surface area (Å²) in [6, 6.07) is 3.70. The van der Waals surface area contributed by atoms with Crippen LogP contribution in [0.5, 0.6) is 0 Å². The van der Waals surface area contributed by atoms with E-state index in [0.717, 1.165) is 12.2 Å². The number of halogens is 3. The second-order valence-corrected chi connectivity index (χ2v) is 8.23. The van der Waals surface area contributed by atoms with Crippen LogP contribution in [0.25, 0.3) is 11.4 Å². The molecular weight excluding hydrogens is 375 g/mol. The van der Waals surface area contributed by atoms with Crippen molar-refractivity contribution in [2.24, 2.45) is 5.41 Å². The molecule has 2 unspecified atom stereocenters. The van der Waals surface area contributed by atoms with Gasteiger partial charge in [0, 0.05) is 30.3 Å². The van der Waals surface area contributed by atoms with Crippen LogP contribution < -0.4 is 4.90 Å². The van der Waals surface area contributed by atoms with Crippen molar-refractivity contribution in [3.63, 3.8) is 0 Å². The molecule has 2 aliphatic rings. The maximum atomic E-state index is 12.6. The predicted molar refractivity (Wildman–Crippen MR) is 93.2 cm³/mol. The molecule has 2 fully saturated rings. The number of hydrogen-bond donors (Lipinski definition) is 0. The standard InChI is InChI=1S/C18H20F3N5O2/c1-17(2,3)16(27)26-9-11-6-12(26)8-25(11)13-5-4-10(7-22-13)14-23-15(28-24-14)18(19,20)21/h4-5,7,11-12H,6,8-9H2,1-3H3. The molecule has 7 nitrogen and oxygen atoms in total. The smallest absolute Gasteiger partial charge is 0.350 e. The molecule has 0 saturated carbocycles. The number of aromatic nitrogens is 3. The van der Waals surface area contributed by atoms with Gasteiger partial charge in [-0.3, -0.25) is 4.79 Å². The highest BCUT2D eigenvalue weighted by Gasteiger charge is 2.47. The van der Waals surface area contributed by atoms with Crippen LogP contribution in [0.4, 0.5) is 19.0 Å². The molecule has 1 amide bonds. The molecule has 2 saturated heterocycles. The van der Waals surface area contributed by atoms with E-state index in [1.807, 2.05) is 25.7 Å². The number of piperazine rings is 1. The zero-order chi connectivity index (χ0) is 20.3. The van der Waals surface area contributed by atoms with Gasteiger partial charge in [-0.2, -0.15) is 18.2 Å². The first kappa shape index (κ1) is 18.7. The Labute approximate surface area is 159 Å². The third-order valence-electron chi connectivity index (χ3n) is 5.11. The Morgan fingerprint density at radius 2 is 1.93 bits per heavy atom. The minimum Gasteiger partial charge on any atom is -0.350 e. The van der Waals surface area contributed by atoms with Gasteiger partial charge in [0.05, 0.1) is 12.1 Å². The summed E-state index contributed by atoms with van der Waals surface area (Å²) >= 11 is 0. The maximum absolute atomic E-state index is 12.6. The number of carbonyl (C=O) groups is 1. The molecule has 0 spiro atoms. The van der Waals surface area contributed by atoms with Crippen molar-refractivity contribution in [2.75, 3.05) is 18.0 Å². The fraction of sp³-hybridized carbons (Fsp3) is 0.556. The number of anilines is 1. The molecule has 2 aliphatic heterocycles. The van der Waals surface area contributed by atoms with Crippen LogP contribution in [0.1, 0.15) is 33.1 Å². The summed E-state index contributed by atoms with van der Waals surface area (Å²) in [5.74, 6) is -0.664. The zero-order valence-corrected chi connectivity index (χ0v) is 15.7. The van der Waals surface area contributed by atoms with Gasteiger partial charge < -0.3 is 14.3 Å². The molecule has 2 aromatic heterocycles. The van der Waals surface area contributed by atoms with Gasteiger partial charge in [0.1, 0.15) is 5.82 Å². The van der Waals surface area contributed by atoms with Crippen LogP contribution >= 0.6 is 0 Å².